The summed E-state index contributed by atoms with van der Waals surface area (Å²) in [5, 5.41) is 15.1. The summed E-state index contributed by atoms with van der Waals surface area (Å²) in [6.45, 7) is 5.74. The van der Waals surface area contributed by atoms with Gasteiger partial charge in [-0.05, 0) is 55.1 Å². The fourth-order valence-corrected chi connectivity index (χ4v) is 6.41. The Balaban J connectivity index is 1.61. The third-order valence-electron chi connectivity index (χ3n) is 6.33. The summed E-state index contributed by atoms with van der Waals surface area (Å²) >= 11 is 9.68. The molecule has 12 nitrogen and oxygen atoms in total. The Morgan fingerprint density at radius 1 is 1.24 bits per heavy atom. The van der Waals surface area contributed by atoms with E-state index in [9.17, 15) is 24.1 Å². The highest BCUT2D eigenvalue weighted by Gasteiger charge is 2.54. The zero-order valence-corrected chi connectivity index (χ0v) is 25.8. The van der Waals surface area contributed by atoms with Crippen molar-refractivity contribution in [1.82, 2.24) is 14.6 Å². The van der Waals surface area contributed by atoms with E-state index in [0.29, 0.717) is 5.39 Å². The van der Waals surface area contributed by atoms with Crippen LogP contribution in [0, 0.1) is 0 Å². The summed E-state index contributed by atoms with van der Waals surface area (Å²) < 4.78 is 37.9. The van der Waals surface area contributed by atoms with E-state index in [1.165, 1.54) is 20.0 Å². The first-order chi connectivity index (χ1) is 19.2. The van der Waals surface area contributed by atoms with Gasteiger partial charge in [0, 0.05) is 11.6 Å². The van der Waals surface area contributed by atoms with Gasteiger partial charge in [0.2, 0.25) is 0 Å². The first-order valence-corrected chi connectivity index (χ1v) is 15.4. The average molecular weight is 675 g/mol. The monoisotopic (exact) mass is 673 g/mol. The zero-order valence-electron chi connectivity index (χ0n) is 22.6. The van der Waals surface area contributed by atoms with Crippen LogP contribution in [0.5, 0.6) is 5.75 Å². The van der Waals surface area contributed by atoms with Gasteiger partial charge in [-0.1, -0.05) is 36.4 Å². The predicted molar refractivity (Wildman–Crippen MR) is 155 cm³/mol. The van der Waals surface area contributed by atoms with E-state index in [2.05, 4.69) is 26.0 Å². The van der Waals surface area contributed by atoms with Crippen molar-refractivity contribution in [3.05, 3.63) is 74.0 Å². The Bertz CT molecular complexity index is 1590. The fraction of sp³-hybridized carbons (Fsp3) is 0.423. The molecule has 1 aromatic heterocycles. The van der Waals surface area contributed by atoms with E-state index in [4.69, 9.17) is 30.1 Å². The highest BCUT2D eigenvalue weighted by Crippen LogP contribution is 2.49. The van der Waals surface area contributed by atoms with Crippen LogP contribution in [0.15, 0.2) is 62.7 Å². The van der Waals surface area contributed by atoms with Gasteiger partial charge < -0.3 is 19.1 Å². The van der Waals surface area contributed by atoms with Gasteiger partial charge in [-0.2, -0.15) is 5.09 Å². The van der Waals surface area contributed by atoms with Crippen molar-refractivity contribution in [2.45, 2.75) is 63.2 Å². The van der Waals surface area contributed by atoms with Crippen molar-refractivity contribution in [3.63, 3.8) is 0 Å². The number of H-pyrrole nitrogens is 1. The third kappa shape index (κ3) is 6.94. The number of carbonyl (C=O) groups is 1. The Morgan fingerprint density at radius 2 is 1.93 bits per heavy atom. The van der Waals surface area contributed by atoms with Crippen LogP contribution in [0.1, 0.15) is 33.9 Å². The standard InChI is InChI=1S/C26H30BrClN3O9P/c1-14(2)38-23(34)15(3)30-41(36,40-19-11-7-9-16-8-5-6-10-17(16)19)37-13-20-21(32)26(4,28)24(39-20)31-12-18(27)22(33)29-25(31)35/h5-12,14-15,20-21,24,32H,13H2,1-4H3,(H,30,36)(H,29,33,35)/t15-,20-,21-,24-,26-,41?/m1/s1. The topological polar surface area (TPSA) is 158 Å². The normalized spacial score (nSPS) is 24.7. The van der Waals surface area contributed by atoms with Crippen LogP contribution in [-0.4, -0.2) is 56.5 Å². The number of aliphatic hydroxyl groups is 1. The molecule has 41 heavy (non-hydrogen) atoms. The predicted octanol–water partition coefficient (Wildman–Crippen LogP) is 3.84. The smallest absolute Gasteiger partial charge is 0.459 e. The average Bonchev–Trinajstić information content (AvgIpc) is 3.13. The number of nitrogens with one attached hydrogen (secondary N) is 2. The van der Waals surface area contributed by atoms with Crippen LogP contribution in [0.2, 0.25) is 0 Å². The molecule has 2 heterocycles. The molecule has 3 N–H and O–H groups in total. The van der Waals surface area contributed by atoms with Crippen molar-refractivity contribution in [2.24, 2.45) is 0 Å². The van der Waals surface area contributed by atoms with Crippen molar-refractivity contribution in [2.75, 3.05) is 6.61 Å². The summed E-state index contributed by atoms with van der Waals surface area (Å²) in [4.78, 5) is 37.4. The highest BCUT2D eigenvalue weighted by atomic mass is 79.9. The van der Waals surface area contributed by atoms with Gasteiger partial charge in [-0.15, -0.1) is 11.6 Å². The number of fused-ring (bicyclic) bond motifs is 1. The molecule has 1 aliphatic rings. The number of halogens is 2. The number of benzene rings is 2. The highest BCUT2D eigenvalue weighted by molar-refractivity contribution is 9.10. The van der Waals surface area contributed by atoms with E-state index in [0.717, 1.165) is 9.95 Å². The molecule has 0 spiro atoms. The van der Waals surface area contributed by atoms with Crippen LogP contribution in [0.3, 0.4) is 0 Å². The Morgan fingerprint density at radius 3 is 2.63 bits per heavy atom. The molecule has 6 atom stereocenters. The number of hydrogen-bond donors (Lipinski definition) is 3. The maximum atomic E-state index is 14.1. The van der Waals surface area contributed by atoms with Gasteiger partial charge in [-0.3, -0.25) is 23.7 Å². The molecule has 0 radical (unpaired) electrons. The van der Waals surface area contributed by atoms with Crippen molar-refractivity contribution in [1.29, 1.82) is 0 Å². The van der Waals surface area contributed by atoms with Gasteiger partial charge in [0.25, 0.3) is 5.56 Å². The Hall–Kier alpha value is -2.51. The lowest BCUT2D eigenvalue weighted by Gasteiger charge is -2.27. The van der Waals surface area contributed by atoms with E-state index >= 15 is 0 Å². The van der Waals surface area contributed by atoms with E-state index in [1.54, 1.807) is 38.1 Å². The number of aromatic amines is 1. The SMILES string of the molecule is CC(C)OC(=O)[C@@H](C)NP(=O)(OC[C@H]1O[C@@H](n2cc(Br)c(=O)[nH]c2=O)[C@](C)(Cl)[C@@H]1O)Oc1cccc2ccccc12. The van der Waals surface area contributed by atoms with Gasteiger partial charge in [0.05, 0.1) is 17.2 Å². The quantitative estimate of drug-likeness (QED) is 0.164. The number of ether oxygens (including phenoxy) is 2. The molecule has 0 saturated carbocycles. The minimum Gasteiger partial charge on any atom is -0.462 e. The van der Waals surface area contributed by atoms with Gasteiger partial charge in [-0.25, -0.2) is 9.36 Å². The number of aliphatic hydroxyl groups excluding tert-OH is 1. The number of esters is 1. The molecule has 1 saturated heterocycles. The molecule has 0 aliphatic carbocycles. The summed E-state index contributed by atoms with van der Waals surface area (Å²) in [6, 6.07) is 11.3. The van der Waals surface area contributed by atoms with Gasteiger partial charge in [0.15, 0.2) is 6.23 Å². The van der Waals surface area contributed by atoms with Crippen molar-refractivity contribution in [3.8, 4) is 5.75 Å². The minimum absolute atomic E-state index is 0.0433. The first-order valence-electron chi connectivity index (χ1n) is 12.7. The number of hydrogen-bond acceptors (Lipinski definition) is 9. The molecule has 3 aromatic rings. The molecule has 2 aromatic carbocycles. The summed E-state index contributed by atoms with van der Waals surface area (Å²) in [5.41, 5.74) is -1.46. The molecular weight excluding hydrogens is 645 g/mol. The molecule has 1 aliphatic heterocycles. The lowest BCUT2D eigenvalue weighted by Crippen LogP contribution is -2.43. The first kappa shape index (κ1) is 31.4. The second kappa shape index (κ2) is 12.4. The summed E-state index contributed by atoms with van der Waals surface area (Å²) in [7, 11) is -4.34. The lowest BCUT2D eigenvalue weighted by molar-refractivity contribution is -0.149. The number of aromatic nitrogens is 2. The second-order valence-corrected chi connectivity index (χ2v) is 13.3. The second-order valence-electron chi connectivity index (χ2n) is 9.96. The maximum Gasteiger partial charge on any atom is 0.459 e. The molecule has 4 rings (SSSR count). The minimum atomic E-state index is -4.34. The number of alkyl halides is 1. The molecule has 222 valence electrons. The maximum absolute atomic E-state index is 14.1. The van der Waals surface area contributed by atoms with E-state index in [1.807, 2.05) is 18.2 Å². The van der Waals surface area contributed by atoms with Crippen LogP contribution in [0.25, 0.3) is 10.8 Å². The number of nitrogens with zero attached hydrogens (tertiary/aromatic N) is 1. The molecule has 1 unspecified atom stereocenters. The van der Waals surface area contributed by atoms with Crippen LogP contribution in [0.4, 0.5) is 0 Å². The zero-order chi connectivity index (χ0) is 30.1. The van der Waals surface area contributed by atoms with Crippen LogP contribution in [-0.2, 0) is 23.4 Å². The third-order valence-corrected chi connectivity index (χ3v) is 8.93. The Labute approximate surface area is 248 Å². The number of carbonyl (C=O) groups excluding carboxylic acids is 1. The van der Waals surface area contributed by atoms with Crippen LogP contribution < -0.4 is 20.9 Å². The van der Waals surface area contributed by atoms with Crippen molar-refractivity contribution < 1.29 is 33.0 Å². The molecule has 0 bridgehead atoms. The van der Waals surface area contributed by atoms with Crippen molar-refractivity contribution >= 4 is 52.0 Å². The number of rotatable bonds is 10. The summed E-state index contributed by atoms with van der Waals surface area (Å²) in [5.74, 6) is -0.458. The van der Waals surface area contributed by atoms with Gasteiger partial charge in [0.1, 0.15) is 28.9 Å². The Kier molecular flexibility index (Phi) is 9.49. The summed E-state index contributed by atoms with van der Waals surface area (Å²) in [6.07, 6.45) is -3.06. The van der Waals surface area contributed by atoms with Crippen LogP contribution >= 0.6 is 35.3 Å². The van der Waals surface area contributed by atoms with E-state index in [-0.39, 0.29) is 10.2 Å². The van der Waals surface area contributed by atoms with E-state index < -0.39 is 67.0 Å². The largest absolute Gasteiger partial charge is 0.462 e. The lowest BCUT2D eigenvalue weighted by atomic mass is 10.0. The fourth-order valence-electron chi connectivity index (χ4n) is 4.28. The molecule has 1 fully saturated rings. The molecule has 0 amide bonds. The molecular formula is C26H30BrClN3O9P. The molecule has 15 heteroatoms. The van der Waals surface area contributed by atoms with Gasteiger partial charge >= 0.3 is 19.4 Å².